The number of halogens is 1. The minimum Gasteiger partial charge on any atom is -0.382 e. The van der Waals surface area contributed by atoms with E-state index < -0.39 is 0 Å². The van der Waals surface area contributed by atoms with Crippen molar-refractivity contribution in [3.8, 4) is 0 Å². The Morgan fingerprint density at radius 3 is 3.20 bits per heavy atom. The standard InChI is InChI=1S/C13H20BrN3O2S/c1-15-13(16-6-12-5-10(14)9-20-12)17-3-4-19-11(7-17)8-18-2/h5,9,11H,3-4,6-8H2,1-2H3,(H,15,16). The van der Waals surface area contributed by atoms with Crippen molar-refractivity contribution in [2.45, 2.75) is 12.6 Å². The lowest BCUT2D eigenvalue weighted by Gasteiger charge is -2.34. The summed E-state index contributed by atoms with van der Waals surface area (Å²) in [6, 6.07) is 2.12. The van der Waals surface area contributed by atoms with E-state index in [1.165, 1.54) is 4.88 Å². The molecule has 1 aromatic rings. The monoisotopic (exact) mass is 361 g/mol. The largest absolute Gasteiger partial charge is 0.382 e. The quantitative estimate of drug-likeness (QED) is 0.657. The van der Waals surface area contributed by atoms with Gasteiger partial charge >= 0.3 is 0 Å². The van der Waals surface area contributed by atoms with Crippen LogP contribution in [-0.4, -0.2) is 57.4 Å². The number of methoxy groups -OCH3 is 1. The first-order chi connectivity index (χ1) is 9.72. The Balaban J connectivity index is 1.87. The second-order valence-corrected chi connectivity index (χ2v) is 6.44. The third-order valence-electron chi connectivity index (χ3n) is 3.05. The molecule has 20 heavy (non-hydrogen) atoms. The summed E-state index contributed by atoms with van der Waals surface area (Å²) in [4.78, 5) is 7.85. The summed E-state index contributed by atoms with van der Waals surface area (Å²) in [5, 5.41) is 5.49. The van der Waals surface area contributed by atoms with Gasteiger partial charge in [-0.1, -0.05) is 0 Å². The first-order valence-corrected chi connectivity index (χ1v) is 8.19. The molecule has 1 aliphatic rings. The molecule has 0 spiro atoms. The van der Waals surface area contributed by atoms with E-state index >= 15 is 0 Å². The maximum atomic E-state index is 5.66. The Kier molecular flexibility index (Phi) is 6.28. The molecule has 7 heteroatoms. The Labute approximate surface area is 132 Å². The number of hydrogen-bond acceptors (Lipinski definition) is 4. The Bertz CT molecular complexity index is 451. The molecule has 2 heterocycles. The Morgan fingerprint density at radius 1 is 1.70 bits per heavy atom. The average molecular weight is 362 g/mol. The average Bonchev–Trinajstić information content (AvgIpc) is 2.86. The molecule has 112 valence electrons. The normalized spacial score (nSPS) is 20.2. The second-order valence-electron chi connectivity index (χ2n) is 4.53. The van der Waals surface area contributed by atoms with E-state index in [0.29, 0.717) is 13.2 Å². The van der Waals surface area contributed by atoms with E-state index in [0.717, 1.165) is 30.1 Å². The zero-order chi connectivity index (χ0) is 14.4. The number of thiophene rings is 1. The van der Waals surface area contributed by atoms with Gasteiger partial charge in [-0.2, -0.15) is 0 Å². The van der Waals surface area contributed by atoms with Crippen LogP contribution in [0.2, 0.25) is 0 Å². The third kappa shape index (κ3) is 4.44. The number of morpholine rings is 1. The lowest BCUT2D eigenvalue weighted by atomic mass is 10.3. The molecule has 5 nitrogen and oxygen atoms in total. The fourth-order valence-electron chi connectivity index (χ4n) is 2.14. The highest BCUT2D eigenvalue weighted by Gasteiger charge is 2.22. The molecule has 0 bridgehead atoms. The topological polar surface area (TPSA) is 46.1 Å². The van der Waals surface area contributed by atoms with Crippen LogP contribution < -0.4 is 5.32 Å². The van der Waals surface area contributed by atoms with Gasteiger partial charge in [0, 0.05) is 42.0 Å². The molecule has 1 unspecified atom stereocenters. The summed E-state index contributed by atoms with van der Waals surface area (Å²) in [7, 11) is 3.51. The van der Waals surface area contributed by atoms with Crippen LogP contribution in [0.15, 0.2) is 20.9 Å². The molecule has 0 aliphatic carbocycles. The van der Waals surface area contributed by atoms with E-state index in [4.69, 9.17) is 9.47 Å². The maximum absolute atomic E-state index is 5.66. The lowest BCUT2D eigenvalue weighted by Crippen LogP contribution is -2.51. The zero-order valence-electron chi connectivity index (χ0n) is 11.8. The summed E-state index contributed by atoms with van der Waals surface area (Å²) in [6.07, 6.45) is 0.114. The molecule has 1 atom stereocenters. The predicted octanol–water partition coefficient (Wildman–Crippen LogP) is 1.93. The van der Waals surface area contributed by atoms with Crippen molar-refractivity contribution in [3.05, 3.63) is 20.8 Å². The zero-order valence-corrected chi connectivity index (χ0v) is 14.2. The molecule has 0 radical (unpaired) electrons. The number of nitrogens with one attached hydrogen (secondary N) is 1. The fourth-order valence-corrected chi connectivity index (χ4v) is 3.53. The number of ether oxygens (including phenoxy) is 2. The Hall–Kier alpha value is -0.630. The van der Waals surface area contributed by atoms with Gasteiger partial charge in [-0.05, 0) is 22.0 Å². The summed E-state index contributed by atoms with van der Waals surface area (Å²) < 4.78 is 11.9. The van der Waals surface area contributed by atoms with Gasteiger partial charge in [-0.15, -0.1) is 11.3 Å². The molecule has 0 amide bonds. The summed E-state index contributed by atoms with van der Waals surface area (Å²) in [5.74, 6) is 0.916. The van der Waals surface area contributed by atoms with Crippen molar-refractivity contribution in [2.24, 2.45) is 4.99 Å². The second kappa shape index (κ2) is 7.97. The van der Waals surface area contributed by atoms with Gasteiger partial charge in [-0.3, -0.25) is 4.99 Å². The van der Waals surface area contributed by atoms with Crippen LogP contribution in [0.3, 0.4) is 0 Å². The van der Waals surface area contributed by atoms with Gasteiger partial charge in [0.1, 0.15) is 0 Å². The highest BCUT2D eigenvalue weighted by molar-refractivity contribution is 9.10. The van der Waals surface area contributed by atoms with Gasteiger partial charge in [0.25, 0.3) is 0 Å². The van der Waals surface area contributed by atoms with E-state index in [1.807, 2.05) is 7.05 Å². The van der Waals surface area contributed by atoms with Crippen LogP contribution in [0, 0.1) is 0 Å². The van der Waals surface area contributed by atoms with E-state index in [1.54, 1.807) is 18.4 Å². The van der Waals surface area contributed by atoms with Gasteiger partial charge < -0.3 is 19.7 Å². The SMILES string of the molecule is CN=C(NCc1cc(Br)cs1)N1CCOC(COC)C1. The molecule has 1 aliphatic heterocycles. The number of guanidine groups is 1. The fraction of sp³-hybridized carbons (Fsp3) is 0.615. The lowest BCUT2D eigenvalue weighted by molar-refractivity contribution is -0.0447. The van der Waals surface area contributed by atoms with E-state index in [2.05, 4.69) is 42.6 Å². The molecule has 1 fully saturated rings. The summed E-state index contributed by atoms with van der Waals surface area (Å²) in [6.45, 7) is 3.77. The molecule has 1 saturated heterocycles. The molecule has 0 aromatic carbocycles. The number of rotatable bonds is 4. The minimum absolute atomic E-state index is 0.114. The van der Waals surface area contributed by atoms with Crippen molar-refractivity contribution >= 4 is 33.2 Å². The van der Waals surface area contributed by atoms with Gasteiger partial charge in [0.15, 0.2) is 5.96 Å². The van der Waals surface area contributed by atoms with Gasteiger partial charge in [0.05, 0.1) is 25.9 Å². The molecule has 0 saturated carbocycles. The highest BCUT2D eigenvalue weighted by atomic mass is 79.9. The van der Waals surface area contributed by atoms with Crippen molar-refractivity contribution < 1.29 is 9.47 Å². The van der Waals surface area contributed by atoms with Crippen LogP contribution in [0.25, 0.3) is 0 Å². The smallest absolute Gasteiger partial charge is 0.194 e. The number of aliphatic imine (C=N–C) groups is 1. The molecular weight excluding hydrogens is 342 g/mol. The highest BCUT2D eigenvalue weighted by Crippen LogP contribution is 2.19. The number of hydrogen-bond donors (Lipinski definition) is 1. The first kappa shape index (κ1) is 15.8. The van der Waals surface area contributed by atoms with Crippen LogP contribution >= 0.6 is 27.3 Å². The van der Waals surface area contributed by atoms with Crippen molar-refractivity contribution in [2.75, 3.05) is 40.5 Å². The minimum atomic E-state index is 0.114. The Morgan fingerprint density at radius 2 is 2.55 bits per heavy atom. The maximum Gasteiger partial charge on any atom is 0.194 e. The van der Waals surface area contributed by atoms with E-state index in [9.17, 15) is 0 Å². The van der Waals surface area contributed by atoms with Gasteiger partial charge in [-0.25, -0.2) is 0 Å². The molecule has 1 aromatic heterocycles. The van der Waals surface area contributed by atoms with Crippen molar-refractivity contribution in [3.63, 3.8) is 0 Å². The summed E-state index contributed by atoms with van der Waals surface area (Å²) >= 11 is 5.20. The molecule has 1 N–H and O–H groups in total. The van der Waals surface area contributed by atoms with Crippen molar-refractivity contribution in [1.29, 1.82) is 0 Å². The van der Waals surface area contributed by atoms with Crippen LogP contribution in [0.4, 0.5) is 0 Å². The first-order valence-electron chi connectivity index (χ1n) is 6.52. The molecular formula is C13H20BrN3O2S. The van der Waals surface area contributed by atoms with Gasteiger partial charge in [0.2, 0.25) is 0 Å². The van der Waals surface area contributed by atoms with Crippen molar-refractivity contribution in [1.82, 2.24) is 10.2 Å². The number of nitrogens with zero attached hydrogens (tertiary/aromatic N) is 2. The van der Waals surface area contributed by atoms with E-state index in [-0.39, 0.29) is 6.10 Å². The van der Waals surface area contributed by atoms with Crippen LogP contribution in [0.1, 0.15) is 4.88 Å². The predicted molar refractivity (Wildman–Crippen MR) is 85.4 cm³/mol. The van der Waals surface area contributed by atoms with Crippen LogP contribution in [-0.2, 0) is 16.0 Å². The molecule has 2 rings (SSSR count). The third-order valence-corrected chi connectivity index (χ3v) is 4.74. The van der Waals surface area contributed by atoms with Crippen LogP contribution in [0.5, 0.6) is 0 Å². The summed E-state index contributed by atoms with van der Waals surface area (Å²) in [5.41, 5.74) is 0.